The molecule has 154 valence electrons. The zero-order valence-corrected chi connectivity index (χ0v) is 17.1. The van der Waals surface area contributed by atoms with Crippen LogP contribution in [0.1, 0.15) is 56.4 Å². The molecule has 0 unspecified atom stereocenters. The Bertz CT molecular complexity index is 963. The second-order valence-electron chi connectivity index (χ2n) is 7.69. The van der Waals surface area contributed by atoms with Gasteiger partial charge in [-0.15, -0.1) is 0 Å². The van der Waals surface area contributed by atoms with Crippen LogP contribution in [0.3, 0.4) is 0 Å². The van der Waals surface area contributed by atoms with Gasteiger partial charge in [-0.3, -0.25) is 9.59 Å². The van der Waals surface area contributed by atoms with Gasteiger partial charge in [-0.2, -0.15) is 5.10 Å². The molecular formula is C21H26N4O4. The van der Waals surface area contributed by atoms with Gasteiger partial charge in [-0.05, 0) is 39.8 Å². The molecule has 4 rings (SSSR count). The third-order valence-corrected chi connectivity index (χ3v) is 5.71. The average Bonchev–Trinajstić information content (AvgIpc) is 3.30. The Morgan fingerprint density at radius 1 is 1.14 bits per heavy atom. The third kappa shape index (κ3) is 3.72. The van der Waals surface area contributed by atoms with Gasteiger partial charge in [0, 0.05) is 43.7 Å². The maximum absolute atomic E-state index is 13.0. The molecule has 1 aliphatic carbocycles. The number of rotatable bonds is 3. The van der Waals surface area contributed by atoms with Gasteiger partial charge < -0.3 is 18.6 Å². The number of hydrogen-bond donors (Lipinski definition) is 1. The molecule has 2 amide bonds. The van der Waals surface area contributed by atoms with Crippen LogP contribution in [0.2, 0.25) is 0 Å². The van der Waals surface area contributed by atoms with E-state index in [0.717, 1.165) is 55.0 Å². The van der Waals surface area contributed by atoms with Crippen LogP contribution in [0, 0.1) is 13.8 Å². The molecule has 0 bridgehead atoms. The third-order valence-electron chi connectivity index (χ3n) is 5.71. The van der Waals surface area contributed by atoms with E-state index in [0.29, 0.717) is 30.2 Å². The molecule has 8 heteroatoms. The van der Waals surface area contributed by atoms with Crippen LogP contribution in [0.15, 0.2) is 26.3 Å². The zero-order valence-electron chi connectivity index (χ0n) is 17.1. The molecular weight excluding hydrogens is 372 g/mol. The minimum atomic E-state index is -0.314. The summed E-state index contributed by atoms with van der Waals surface area (Å²) in [5.74, 6) is 1.34. The molecule has 3 heterocycles. The Morgan fingerprint density at radius 2 is 1.90 bits per heavy atom. The Labute approximate surface area is 169 Å². The van der Waals surface area contributed by atoms with E-state index in [4.69, 9.17) is 8.83 Å². The van der Waals surface area contributed by atoms with Crippen molar-refractivity contribution in [3.05, 3.63) is 46.3 Å². The maximum atomic E-state index is 13.0. The van der Waals surface area contributed by atoms with Crippen LogP contribution in [-0.2, 0) is 6.42 Å². The van der Waals surface area contributed by atoms with Crippen molar-refractivity contribution in [1.82, 2.24) is 15.2 Å². The number of aryl methyl sites for hydroxylation is 2. The van der Waals surface area contributed by atoms with Crippen LogP contribution >= 0.6 is 0 Å². The smallest absolute Gasteiger partial charge is 0.289 e. The van der Waals surface area contributed by atoms with Gasteiger partial charge in [-0.25, -0.2) is 5.43 Å². The van der Waals surface area contributed by atoms with Gasteiger partial charge in [-0.1, -0.05) is 0 Å². The summed E-state index contributed by atoms with van der Waals surface area (Å²) in [6.07, 6.45) is 3.83. The highest BCUT2D eigenvalue weighted by atomic mass is 16.4. The summed E-state index contributed by atoms with van der Waals surface area (Å²) in [6, 6.07) is 1.62. The van der Waals surface area contributed by atoms with Crippen molar-refractivity contribution in [3.8, 4) is 0 Å². The van der Waals surface area contributed by atoms with E-state index in [-0.39, 0.29) is 11.8 Å². The monoisotopic (exact) mass is 398 g/mol. The Balaban J connectivity index is 1.57. The van der Waals surface area contributed by atoms with Gasteiger partial charge in [0.15, 0.2) is 5.76 Å². The number of furan rings is 2. The van der Waals surface area contributed by atoms with Crippen molar-refractivity contribution in [1.29, 1.82) is 0 Å². The second kappa shape index (κ2) is 7.87. The van der Waals surface area contributed by atoms with E-state index >= 15 is 0 Å². The SMILES string of the molecule is Cc1occc1C(=O)N/N=C1\CCCc2oc(C(=O)N3CCN(C)CC3)c(C)c21. The van der Waals surface area contributed by atoms with Crippen LogP contribution in [0.5, 0.6) is 0 Å². The van der Waals surface area contributed by atoms with Crippen molar-refractivity contribution < 1.29 is 18.4 Å². The van der Waals surface area contributed by atoms with Gasteiger partial charge in [0.1, 0.15) is 11.5 Å². The molecule has 0 atom stereocenters. The van der Waals surface area contributed by atoms with Crippen LogP contribution < -0.4 is 5.43 Å². The van der Waals surface area contributed by atoms with E-state index in [1.807, 2.05) is 11.8 Å². The molecule has 1 aliphatic heterocycles. The number of amides is 2. The highest BCUT2D eigenvalue weighted by molar-refractivity contribution is 6.07. The molecule has 1 fully saturated rings. The quantitative estimate of drug-likeness (QED) is 0.802. The summed E-state index contributed by atoms with van der Waals surface area (Å²) >= 11 is 0. The lowest BCUT2D eigenvalue weighted by Crippen LogP contribution is -2.47. The molecule has 0 aromatic carbocycles. The van der Waals surface area contributed by atoms with Crippen LogP contribution in [0.4, 0.5) is 0 Å². The fraction of sp³-hybridized carbons (Fsp3) is 0.476. The topological polar surface area (TPSA) is 91.3 Å². The summed E-state index contributed by atoms with van der Waals surface area (Å²) in [6.45, 7) is 6.74. The molecule has 1 saturated heterocycles. The minimum absolute atomic E-state index is 0.0672. The predicted octanol–water partition coefficient (Wildman–Crippen LogP) is 2.35. The molecule has 0 spiro atoms. The van der Waals surface area contributed by atoms with Crippen molar-refractivity contribution in [2.45, 2.75) is 33.1 Å². The van der Waals surface area contributed by atoms with Crippen molar-refractivity contribution in [2.75, 3.05) is 33.2 Å². The van der Waals surface area contributed by atoms with Gasteiger partial charge >= 0.3 is 0 Å². The standard InChI is InChI=1S/C21H26N4O4/c1-13-18-16(22-23-20(26)15-7-12-28-14(15)2)5-4-6-17(18)29-19(13)21(27)25-10-8-24(3)9-11-25/h7,12H,4-6,8-11H2,1-3H3,(H,23,26)/b22-16+. The first-order valence-corrected chi connectivity index (χ1v) is 9.97. The number of likely N-dealkylation sites (N-methyl/N-ethyl adjacent to an activating group) is 1. The van der Waals surface area contributed by atoms with Crippen molar-refractivity contribution in [2.24, 2.45) is 5.10 Å². The number of fused-ring (bicyclic) bond motifs is 1. The van der Waals surface area contributed by atoms with Gasteiger partial charge in [0.25, 0.3) is 11.8 Å². The molecule has 29 heavy (non-hydrogen) atoms. The van der Waals surface area contributed by atoms with Gasteiger partial charge in [0.05, 0.1) is 17.5 Å². The van der Waals surface area contributed by atoms with E-state index in [1.165, 1.54) is 6.26 Å². The van der Waals surface area contributed by atoms with Crippen molar-refractivity contribution in [3.63, 3.8) is 0 Å². The summed E-state index contributed by atoms with van der Waals surface area (Å²) in [5, 5.41) is 4.36. The minimum Gasteiger partial charge on any atom is -0.469 e. The molecule has 0 radical (unpaired) electrons. The summed E-state index contributed by atoms with van der Waals surface area (Å²) in [5.41, 5.74) is 5.49. The largest absolute Gasteiger partial charge is 0.469 e. The number of piperazine rings is 1. The Hall–Kier alpha value is -2.87. The fourth-order valence-electron chi connectivity index (χ4n) is 3.94. The Kier molecular flexibility index (Phi) is 5.27. The number of nitrogens with zero attached hydrogens (tertiary/aromatic N) is 3. The van der Waals surface area contributed by atoms with Crippen molar-refractivity contribution >= 4 is 17.5 Å². The summed E-state index contributed by atoms with van der Waals surface area (Å²) < 4.78 is 11.2. The zero-order chi connectivity index (χ0) is 20.5. The highest BCUT2D eigenvalue weighted by Crippen LogP contribution is 2.30. The normalized spacial score (nSPS) is 18.7. The lowest BCUT2D eigenvalue weighted by atomic mass is 9.93. The molecule has 8 nitrogen and oxygen atoms in total. The molecule has 0 saturated carbocycles. The number of hydrogen-bond acceptors (Lipinski definition) is 6. The van der Waals surface area contributed by atoms with Crippen LogP contribution in [0.25, 0.3) is 0 Å². The molecule has 2 aromatic rings. The Morgan fingerprint density at radius 3 is 2.59 bits per heavy atom. The van der Waals surface area contributed by atoms with E-state index in [9.17, 15) is 9.59 Å². The number of carbonyl (C=O) groups excluding carboxylic acids is 2. The summed E-state index contributed by atoms with van der Waals surface area (Å²) in [7, 11) is 2.06. The lowest BCUT2D eigenvalue weighted by Gasteiger charge is -2.31. The molecule has 2 aromatic heterocycles. The second-order valence-corrected chi connectivity index (χ2v) is 7.69. The lowest BCUT2D eigenvalue weighted by molar-refractivity contribution is 0.0629. The number of hydrazone groups is 1. The number of carbonyl (C=O) groups is 2. The van der Waals surface area contributed by atoms with Crippen LogP contribution in [-0.4, -0.2) is 60.6 Å². The fourth-order valence-corrected chi connectivity index (χ4v) is 3.94. The van der Waals surface area contributed by atoms with E-state index in [1.54, 1.807) is 13.0 Å². The van der Waals surface area contributed by atoms with Gasteiger partial charge in [0.2, 0.25) is 0 Å². The predicted molar refractivity (Wildman–Crippen MR) is 107 cm³/mol. The maximum Gasteiger partial charge on any atom is 0.289 e. The molecule has 1 N–H and O–H groups in total. The number of nitrogens with one attached hydrogen (secondary N) is 1. The highest BCUT2D eigenvalue weighted by Gasteiger charge is 2.31. The average molecular weight is 398 g/mol. The van der Waals surface area contributed by atoms with E-state index < -0.39 is 0 Å². The summed E-state index contributed by atoms with van der Waals surface area (Å²) in [4.78, 5) is 29.4. The van der Waals surface area contributed by atoms with E-state index in [2.05, 4.69) is 22.5 Å². The first-order chi connectivity index (χ1) is 14.0. The first-order valence-electron chi connectivity index (χ1n) is 9.97. The molecule has 2 aliphatic rings. The first kappa shape index (κ1) is 19.4.